The number of halogens is 3. The number of nitrogens with one attached hydrogen (secondary N) is 1. The normalized spacial score (nSPS) is 11.5. The molecule has 0 saturated heterocycles. The second-order valence-corrected chi connectivity index (χ2v) is 10.0. The molecule has 0 aromatic heterocycles. The van der Waals surface area contributed by atoms with Gasteiger partial charge in [-0.25, -0.2) is 4.79 Å². The Bertz CT molecular complexity index is 1230. The minimum Gasteiger partial charge on any atom is -0.479 e. The summed E-state index contributed by atoms with van der Waals surface area (Å²) >= 11 is 0. The predicted octanol–water partition coefficient (Wildman–Crippen LogP) is 7.88. The second kappa shape index (κ2) is 15.9. The summed E-state index contributed by atoms with van der Waals surface area (Å²) < 4.78 is 38.6. The van der Waals surface area contributed by atoms with E-state index in [4.69, 9.17) is 9.94 Å². The Morgan fingerprint density at radius 3 is 1.88 bits per heavy atom. The lowest BCUT2D eigenvalue weighted by Gasteiger charge is -2.21. The first-order valence-electron chi connectivity index (χ1n) is 13.9. The number of carboxylic acid groups (broad SMARTS) is 1. The monoisotopic (exact) mass is 570 g/mol. The standard InChI is InChI=1S/C32H37F3N2O4/c1-2-3-4-5-6-7-8-24-13-19-29(20-14-24)36-31(40)27-15-9-25(10-16-27)21-37(41-23-30(38)39)22-26-11-17-28(18-12-26)32(33,34)35/h9-20H,2-8,21-23H2,1H3,(H,36,40)(H,38,39). The molecular formula is C32H37F3N2O4. The highest BCUT2D eigenvalue weighted by molar-refractivity contribution is 6.04. The molecule has 0 heterocycles. The fraction of sp³-hybridized carbons (Fsp3) is 0.375. The molecule has 0 radical (unpaired) electrons. The van der Waals surface area contributed by atoms with E-state index in [9.17, 15) is 22.8 Å². The van der Waals surface area contributed by atoms with E-state index in [1.807, 2.05) is 24.3 Å². The third-order valence-corrected chi connectivity index (χ3v) is 6.62. The van der Waals surface area contributed by atoms with Crippen molar-refractivity contribution in [2.75, 3.05) is 11.9 Å². The lowest BCUT2D eigenvalue weighted by atomic mass is 10.0. The highest BCUT2D eigenvalue weighted by atomic mass is 19.4. The molecule has 41 heavy (non-hydrogen) atoms. The number of hydrogen-bond donors (Lipinski definition) is 2. The fourth-order valence-corrected chi connectivity index (χ4v) is 4.33. The SMILES string of the molecule is CCCCCCCCc1ccc(NC(=O)c2ccc(CN(Cc3ccc(C(F)(F)F)cc3)OCC(=O)O)cc2)cc1. The van der Waals surface area contributed by atoms with Gasteiger partial charge in [0.15, 0.2) is 6.61 Å². The zero-order valence-corrected chi connectivity index (χ0v) is 23.3. The lowest BCUT2D eigenvalue weighted by Crippen LogP contribution is -2.26. The maximum Gasteiger partial charge on any atom is 0.416 e. The number of carbonyl (C=O) groups is 2. The number of hydroxylamine groups is 2. The van der Waals surface area contributed by atoms with Crippen LogP contribution >= 0.6 is 0 Å². The van der Waals surface area contributed by atoms with Crippen molar-refractivity contribution in [2.24, 2.45) is 0 Å². The van der Waals surface area contributed by atoms with Gasteiger partial charge in [-0.3, -0.25) is 9.63 Å². The summed E-state index contributed by atoms with van der Waals surface area (Å²) in [6.45, 7) is 1.85. The van der Waals surface area contributed by atoms with E-state index in [-0.39, 0.29) is 19.0 Å². The van der Waals surface area contributed by atoms with E-state index >= 15 is 0 Å². The van der Waals surface area contributed by atoms with E-state index in [0.717, 1.165) is 30.5 Å². The van der Waals surface area contributed by atoms with Crippen LogP contribution in [0, 0.1) is 0 Å². The second-order valence-electron chi connectivity index (χ2n) is 10.0. The van der Waals surface area contributed by atoms with E-state index in [1.165, 1.54) is 54.9 Å². The molecule has 3 rings (SSSR count). The Labute approximate surface area is 239 Å². The van der Waals surface area contributed by atoms with Crippen molar-refractivity contribution in [3.8, 4) is 0 Å². The van der Waals surface area contributed by atoms with Crippen LogP contribution in [0.5, 0.6) is 0 Å². The summed E-state index contributed by atoms with van der Waals surface area (Å²) in [7, 11) is 0. The van der Waals surface area contributed by atoms with Gasteiger partial charge in [0.2, 0.25) is 0 Å². The number of alkyl halides is 3. The largest absolute Gasteiger partial charge is 0.479 e. The minimum absolute atomic E-state index is 0.0719. The van der Waals surface area contributed by atoms with E-state index in [2.05, 4.69) is 12.2 Å². The van der Waals surface area contributed by atoms with E-state index in [0.29, 0.717) is 16.8 Å². The number of aryl methyl sites for hydroxylation is 1. The summed E-state index contributed by atoms with van der Waals surface area (Å²) in [5.74, 6) is -1.44. The van der Waals surface area contributed by atoms with Crippen LogP contribution in [0.2, 0.25) is 0 Å². The quantitative estimate of drug-likeness (QED) is 0.135. The lowest BCUT2D eigenvalue weighted by molar-refractivity contribution is -0.190. The van der Waals surface area contributed by atoms with Crippen molar-refractivity contribution in [2.45, 2.75) is 71.1 Å². The molecule has 0 fully saturated rings. The number of rotatable bonds is 16. The summed E-state index contributed by atoms with van der Waals surface area (Å²) in [6.07, 6.45) is 4.07. The molecule has 220 valence electrons. The number of nitrogens with zero attached hydrogens (tertiary/aromatic N) is 1. The minimum atomic E-state index is -4.44. The van der Waals surface area contributed by atoms with Crippen molar-refractivity contribution < 1.29 is 32.7 Å². The first-order valence-corrected chi connectivity index (χ1v) is 13.9. The maximum atomic E-state index is 12.9. The van der Waals surface area contributed by atoms with E-state index < -0.39 is 24.3 Å². The zero-order chi connectivity index (χ0) is 29.7. The van der Waals surface area contributed by atoms with Crippen LogP contribution in [0.4, 0.5) is 18.9 Å². The molecule has 0 spiro atoms. The number of carbonyl (C=O) groups excluding carboxylic acids is 1. The Morgan fingerprint density at radius 2 is 1.32 bits per heavy atom. The molecule has 6 nitrogen and oxygen atoms in total. The van der Waals surface area contributed by atoms with Gasteiger partial charge in [0.05, 0.1) is 5.56 Å². The number of anilines is 1. The van der Waals surface area contributed by atoms with Crippen LogP contribution in [0.1, 0.15) is 78.1 Å². The van der Waals surface area contributed by atoms with Crippen LogP contribution in [0.15, 0.2) is 72.8 Å². The molecule has 1 amide bonds. The average molecular weight is 571 g/mol. The highest BCUT2D eigenvalue weighted by Crippen LogP contribution is 2.29. The Balaban J connectivity index is 1.54. The molecule has 0 aliphatic carbocycles. The first-order chi connectivity index (χ1) is 19.6. The zero-order valence-electron chi connectivity index (χ0n) is 23.3. The maximum absolute atomic E-state index is 12.9. The molecule has 0 saturated carbocycles. The molecule has 3 aromatic rings. The smallest absolute Gasteiger partial charge is 0.416 e. The summed E-state index contributed by atoms with van der Waals surface area (Å²) in [4.78, 5) is 29.1. The highest BCUT2D eigenvalue weighted by Gasteiger charge is 2.30. The van der Waals surface area contributed by atoms with Gasteiger partial charge in [-0.05, 0) is 65.9 Å². The third-order valence-electron chi connectivity index (χ3n) is 6.62. The molecule has 0 aliphatic rings. The first kappa shape index (κ1) is 31.8. The van der Waals surface area contributed by atoms with Crippen molar-refractivity contribution >= 4 is 17.6 Å². The van der Waals surface area contributed by atoms with Crippen LogP contribution in [0.3, 0.4) is 0 Å². The number of benzene rings is 3. The van der Waals surface area contributed by atoms with Gasteiger partial charge in [0.1, 0.15) is 0 Å². The van der Waals surface area contributed by atoms with Gasteiger partial charge in [0, 0.05) is 24.3 Å². The van der Waals surface area contributed by atoms with Gasteiger partial charge < -0.3 is 10.4 Å². The van der Waals surface area contributed by atoms with Crippen LogP contribution in [-0.2, 0) is 35.3 Å². The molecule has 0 aliphatic heterocycles. The van der Waals surface area contributed by atoms with Crippen molar-refractivity contribution in [3.63, 3.8) is 0 Å². The van der Waals surface area contributed by atoms with Crippen LogP contribution < -0.4 is 5.32 Å². The molecule has 3 aromatic carbocycles. The fourth-order valence-electron chi connectivity index (χ4n) is 4.33. The molecule has 0 bridgehead atoms. The summed E-state index contributed by atoms with van der Waals surface area (Å²) in [6, 6.07) is 19.2. The van der Waals surface area contributed by atoms with Crippen molar-refractivity contribution in [3.05, 3.63) is 101 Å². The van der Waals surface area contributed by atoms with Gasteiger partial charge >= 0.3 is 12.1 Å². The van der Waals surface area contributed by atoms with Gasteiger partial charge in [-0.15, -0.1) is 0 Å². The predicted molar refractivity (Wildman–Crippen MR) is 152 cm³/mol. The number of unbranched alkanes of at least 4 members (excludes halogenated alkanes) is 5. The Hall–Kier alpha value is -3.69. The summed E-state index contributed by atoms with van der Waals surface area (Å²) in [5.41, 5.74) is 2.89. The Kier molecular flexibility index (Phi) is 12.4. The van der Waals surface area contributed by atoms with Gasteiger partial charge in [-0.2, -0.15) is 18.2 Å². The molecule has 0 atom stereocenters. The number of hydrogen-bond acceptors (Lipinski definition) is 4. The van der Waals surface area contributed by atoms with Crippen molar-refractivity contribution in [1.29, 1.82) is 0 Å². The average Bonchev–Trinajstić information content (AvgIpc) is 2.94. The van der Waals surface area contributed by atoms with Gasteiger partial charge in [0.25, 0.3) is 5.91 Å². The van der Waals surface area contributed by atoms with Crippen molar-refractivity contribution in [1.82, 2.24) is 5.06 Å². The van der Waals surface area contributed by atoms with Crippen LogP contribution in [-0.4, -0.2) is 28.7 Å². The third kappa shape index (κ3) is 11.4. The topological polar surface area (TPSA) is 78.9 Å². The van der Waals surface area contributed by atoms with E-state index in [1.54, 1.807) is 24.3 Å². The van der Waals surface area contributed by atoms with Gasteiger partial charge in [-0.1, -0.05) is 75.4 Å². The number of carboxylic acids is 1. The Morgan fingerprint density at radius 1 is 0.780 bits per heavy atom. The molecule has 0 unspecified atom stereocenters. The number of amides is 1. The molecule has 2 N–H and O–H groups in total. The molecule has 9 heteroatoms. The summed E-state index contributed by atoms with van der Waals surface area (Å²) in [5, 5.41) is 13.3. The molecular weight excluding hydrogens is 533 g/mol. The van der Waals surface area contributed by atoms with Crippen LogP contribution in [0.25, 0.3) is 0 Å². The number of aliphatic carboxylic acids is 1.